The highest BCUT2D eigenvalue weighted by Gasteiger charge is 2.17. The first-order valence-electron chi connectivity index (χ1n) is 4.94. The number of aromatic nitrogens is 1. The van der Waals surface area contributed by atoms with Crippen LogP contribution in [0.15, 0.2) is 21.5 Å². The number of nitrogen functional groups attached to an aromatic ring is 1. The van der Waals surface area contributed by atoms with E-state index < -0.39 is 0 Å². The first kappa shape index (κ1) is 10.7. The van der Waals surface area contributed by atoms with Crippen molar-refractivity contribution in [1.29, 1.82) is 0 Å². The number of halogens is 1. The molecule has 0 bridgehead atoms. The van der Waals surface area contributed by atoms with Crippen molar-refractivity contribution < 1.29 is 4.74 Å². The normalized spacial score (nSPS) is 20.7. The Balaban J connectivity index is 2.23. The zero-order chi connectivity index (χ0) is 10.8. The Labute approximate surface area is 96.2 Å². The quantitative estimate of drug-likeness (QED) is 0.885. The number of anilines is 1. The summed E-state index contributed by atoms with van der Waals surface area (Å²) < 4.78 is 7.58. The van der Waals surface area contributed by atoms with Crippen molar-refractivity contribution in [3.05, 3.63) is 27.1 Å². The lowest BCUT2D eigenvalue weighted by Crippen LogP contribution is -2.26. The zero-order valence-corrected chi connectivity index (χ0v) is 9.87. The van der Waals surface area contributed by atoms with E-state index in [4.69, 9.17) is 10.5 Å². The highest BCUT2D eigenvalue weighted by Crippen LogP contribution is 2.15. The molecule has 2 heterocycles. The van der Waals surface area contributed by atoms with Gasteiger partial charge >= 0.3 is 0 Å². The van der Waals surface area contributed by atoms with Crippen molar-refractivity contribution in [2.75, 3.05) is 12.3 Å². The third-order valence-corrected chi connectivity index (χ3v) is 3.06. The maximum absolute atomic E-state index is 11.7. The largest absolute Gasteiger partial charge is 0.398 e. The molecule has 1 aliphatic heterocycles. The molecule has 1 aromatic heterocycles. The molecule has 1 fully saturated rings. The van der Waals surface area contributed by atoms with Gasteiger partial charge in [0.1, 0.15) is 0 Å². The van der Waals surface area contributed by atoms with E-state index >= 15 is 0 Å². The summed E-state index contributed by atoms with van der Waals surface area (Å²) in [6.45, 7) is 1.38. The average Bonchev–Trinajstić information content (AvgIpc) is 2.66. The van der Waals surface area contributed by atoms with Gasteiger partial charge < -0.3 is 15.0 Å². The van der Waals surface area contributed by atoms with Gasteiger partial charge in [0.15, 0.2) is 0 Å². The summed E-state index contributed by atoms with van der Waals surface area (Å²) in [6.07, 6.45) is 3.90. The van der Waals surface area contributed by atoms with Crippen LogP contribution < -0.4 is 11.3 Å². The minimum atomic E-state index is -0.0558. The molecule has 1 aliphatic rings. The number of nitrogens with two attached hydrogens (primary N) is 1. The van der Waals surface area contributed by atoms with E-state index in [1.165, 1.54) is 0 Å². The van der Waals surface area contributed by atoms with E-state index in [0.29, 0.717) is 16.7 Å². The van der Waals surface area contributed by atoms with E-state index in [0.717, 1.165) is 19.4 Å². The molecule has 82 valence electrons. The van der Waals surface area contributed by atoms with Gasteiger partial charge in [-0.1, -0.05) is 0 Å². The van der Waals surface area contributed by atoms with Crippen molar-refractivity contribution in [3.8, 4) is 0 Å². The molecule has 1 atom stereocenters. The van der Waals surface area contributed by atoms with Crippen molar-refractivity contribution in [2.45, 2.75) is 25.5 Å². The molecule has 15 heavy (non-hydrogen) atoms. The van der Waals surface area contributed by atoms with Gasteiger partial charge in [-0.3, -0.25) is 4.79 Å². The van der Waals surface area contributed by atoms with Gasteiger partial charge in [-0.25, -0.2) is 0 Å². The highest BCUT2D eigenvalue weighted by molar-refractivity contribution is 9.10. The molecule has 1 unspecified atom stereocenters. The molecule has 0 aliphatic carbocycles. The van der Waals surface area contributed by atoms with Crippen LogP contribution in [0, 0.1) is 0 Å². The Bertz CT molecular complexity index is 410. The molecule has 0 amide bonds. The standard InChI is InChI=1S/C10H13BrN2O2/c11-9-4-7(12)5-13(10(9)14)6-8-2-1-3-15-8/h4-5,8H,1-3,6,12H2. The molecule has 0 saturated carbocycles. The van der Waals surface area contributed by atoms with Gasteiger partial charge in [0, 0.05) is 18.5 Å². The molecule has 2 rings (SSSR count). The molecule has 2 N–H and O–H groups in total. The van der Waals surface area contributed by atoms with Gasteiger partial charge in [0.25, 0.3) is 5.56 Å². The zero-order valence-electron chi connectivity index (χ0n) is 8.28. The fourth-order valence-corrected chi connectivity index (χ4v) is 2.26. The van der Waals surface area contributed by atoms with Crippen LogP contribution in [0.4, 0.5) is 5.69 Å². The Morgan fingerprint density at radius 1 is 1.67 bits per heavy atom. The monoisotopic (exact) mass is 272 g/mol. The highest BCUT2D eigenvalue weighted by atomic mass is 79.9. The lowest BCUT2D eigenvalue weighted by atomic mass is 10.2. The number of nitrogens with zero attached hydrogens (tertiary/aromatic N) is 1. The van der Waals surface area contributed by atoms with Crippen LogP contribution in [0.25, 0.3) is 0 Å². The first-order chi connectivity index (χ1) is 7.16. The van der Waals surface area contributed by atoms with Gasteiger partial charge in [-0.2, -0.15) is 0 Å². The maximum Gasteiger partial charge on any atom is 0.265 e. The summed E-state index contributed by atoms with van der Waals surface area (Å²) in [5.74, 6) is 0. The van der Waals surface area contributed by atoms with E-state index in [1.54, 1.807) is 16.8 Å². The molecule has 0 radical (unpaired) electrons. The van der Waals surface area contributed by atoms with E-state index in [9.17, 15) is 4.79 Å². The maximum atomic E-state index is 11.7. The summed E-state index contributed by atoms with van der Waals surface area (Å²) in [4.78, 5) is 11.7. The van der Waals surface area contributed by atoms with Crippen LogP contribution >= 0.6 is 15.9 Å². The second kappa shape index (κ2) is 4.37. The summed E-state index contributed by atoms with van der Waals surface area (Å²) in [6, 6.07) is 1.62. The Morgan fingerprint density at radius 2 is 2.47 bits per heavy atom. The van der Waals surface area contributed by atoms with Gasteiger partial charge in [-0.05, 0) is 34.8 Å². The van der Waals surface area contributed by atoms with Gasteiger partial charge in [0.05, 0.1) is 17.1 Å². The molecule has 1 aromatic rings. The number of hydrogen-bond acceptors (Lipinski definition) is 3. The Kier molecular flexibility index (Phi) is 3.11. The van der Waals surface area contributed by atoms with Gasteiger partial charge in [0.2, 0.25) is 0 Å². The molecular formula is C10H13BrN2O2. The molecule has 1 saturated heterocycles. The molecule has 0 spiro atoms. The predicted octanol–water partition coefficient (Wildman–Crippen LogP) is 1.37. The Hall–Kier alpha value is -0.810. The summed E-state index contributed by atoms with van der Waals surface area (Å²) in [5, 5.41) is 0. The minimum absolute atomic E-state index is 0.0558. The van der Waals surface area contributed by atoms with Crippen LogP contribution in [0.5, 0.6) is 0 Å². The van der Waals surface area contributed by atoms with Crippen molar-refractivity contribution in [2.24, 2.45) is 0 Å². The van der Waals surface area contributed by atoms with Crippen molar-refractivity contribution in [1.82, 2.24) is 4.57 Å². The van der Waals surface area contributed by atoms with Gasteiger partial charge in [-0.15, -0.1) is 0 Å². The molecular weight excluding hydrogens is 260 g/mol. The first-order valence-corrected chi connectivity index (χ1v) is 5.73. The van der Waals surface area contributed by atoms with E-state index in [-0.39, 0.29) is 11.7 Å². The van der Waals surface area contributed by atoms with Crippen LogP contribution in [0.1, 0.15) is 12.8 Å². The number of rotatable bonds is 2. The lowest BCUT2D eigenvalue weighted by molar-refractivity contribution is 0.0961. The fourth-order valence-electron chi connectivity index (χ4n) is 1.76. The van der Waals surface area contributed by atoms with Crippen molar-refractivity contribution in [3.63, 3.8) is 0 Å². The van der Waals surface area contributed by atoms with Crippen LogP contribution in [0.2, 0.25) is 0 Å². The van der Waals surface area contributed by atoms with E-state index in [1.807, 2.05) is 0 Å². The van der Waals surface area contributed by atoms with Crippen LogP contribution in [0.3, 0.4) is 0 Å². The lowest BCUT2D eigenvalue weighted by Gasteiger charge is -2.12. The second-order valence-electron chi connectivity index (χ2n) is 3.71. The summed E-state index contributed by atoms with van der Waals surface area (Å²) in [7, 11) is 0. The smallest absolute Gasteiger partial charge is 0.265 e. The third-order valence-electron chi connectivity index (χ3n) is 2.49. The number of pyridine rings is 1. The fraction of sp³-hybridized carbons (Fsp3) is 0.500. The topological polar surface area (TPSA) is 57.2 Å². The summed E-state index contributed by atoms with van der Waals surface area (Å²) >= 11 is 3.19. The number of hydrogen-bond donors (Lipinski definition) is 1. The van der Waals surface area contributed by atoms with Crippen molar-refractivity contribution >= 4 is 21.6 Å². The predicted molar refractivity (Wildman–Crippen MR) is 61.8 cm³/mol. The average molecular weight is 273 g/mol. The Morgan fingerprint density at radius 3 is 3.13 bits per heavy atom. The molecule has 4 nitrogen and oxygen atoms in total. The van der Waals surface area contributed by atoms with Crippen LogP contribution in [-0.2, 0) is 11.3 Å². The van der Waals surface area contributed by atoms with E-state index in [2.05, 4.69) is 15.9 Å². The molecule has 0 aromatic carbocycles. The minimum Gasteiger partial charge on any atom is -0.398 e. The SMILES string of the molecule is Nc1cc(Br)c(=O)n(CC2CCCO2)c1. The number of ether oxygens (including phenoxy) is 1. The molecule has 5 heteroatoms. The van der Waals surface area contributed by atoms with Crippen LogP contribution in [-0.4, -0.2) is 17.3 Å². The second-order valence-corrected chi connectivity index (χ2v) is 4.57. The summed E-state index contributed by atoms with van der Waals surface area (Å²) in [5.41, 5.74) is 6.20. The third kappa shape index (κ3) is 2.41.